The molecule has 0 spiro atoms. The molecule has 2 heterocycles. The highest BCUT2D eigenvalue weighted by Gasteiger charge is 2.13. The average molecular weight is 204 g/mol. The van der Waals surface area contributed by atoms with Crippen LogP contribution in [0, 0.1) is 6.92 Å². The van der Waals surface area contributed by atoms with Gasteiger partial charge in [-0.25, -0.2) is 14.6 Å². The summed E-state index contributed by atoms with van der Waals surface area (Å²) in [5, 5.41) is 21.8. The van der Waals surface area contributed by atoms with E-state index in [1.54, 1.807) is 19.2 Å². The molecule has 0 amide bonds. The predicted octanol–water partition coefficient (Wildman–Crippen LogP) is -1.35. The molecule has 0 unspecified atom stereocenters. The summed E-state index contributed by atoms with van der Waals surface area (Å²) in [6.07, 6.45) is 4.50. The van der Waals surface area contributed by atoms with Gasteiger partial charge in [-0.05, 0) is 6.92 Å². The molecule has 15 heavy (non-hydrogen) atoms. The first-order valence-electron chi connectivity index (χ1n) is 4.37. The van der Waals surface area contributed by atoms with E-state index < -0.39 is 7.12 Å². The standard InChI is InChI=1S/C8H9BN4O2/c1-6-10-3-2-8(12-6)13-5-7(4-11-13)9(14)15/h2-5,14-15H,1H3. The molecule has 0 atom stereocenters. The van der Waals surface area contributed by atoms with E-state index in [-0.39, 0.29) is 0 Å². The molecule has 0 aliphatic rings. The van der Waals surface area contributed by atoms with E-state index >= 15 is 0 Å². The summed E-state index contributed by atoms with van der Waals surface area (Å²) < 4.78 is 1.46. The van der Waals surface area contributed by atoms with Gasteiger partial charge in [0.05, 0.1) is 0 Å². The first-order chi connectivity index (χ1) is 7.16. The van der Waals surface area contributed by atoms with E-state index in [0.29, 0.717) is 17.1 Å². The molecule has 2 aromatic heterocycles. The lowest BCUT2D eigenvalue weighted by Crippen LogP contribution is -2.28. The van der Waals surface area contributed by atoms with Crippen LogP contribution in [0.1, 0.15) is 5.82 Å². The van der Waals surface area contributed by atoms with E-state index in [0.717, 1.165) is 0 Å². The molecule has 0 radical (unpaired) electrons. The molecule has 2 rings (SSSR count). The molecule has 76 valence electrons. The maximum atomic E-state index is 8.91. The Hall–Kier alpha value is -1.73. The maximum absolute atomic E-state index is 8.91. The number of nitrogens with zero attached hydrogens (tertiary/aromatic N) is 4. The Morgan fingerprint density at radius 2 is 2.20 bits per heavy atom. The van der Waals surface area contributed by atoms with Gasteiger partial charge in [0.15, 0.2) is 5.82 Å². The Labute approximate surface area is 86.4 Å². The van der Waals surface area contributed by atoms with Gasteiger partial charge < -0.3 is 10.0 Å². The van der Waals surface area contributed by atoms with Gasteiger partial charge in [0.25, 0.3) is 0 Å². The van der Waals surface area contributed by atoms with Crippen molar-refractivity contribution in [3.05, 3.63) is 30.5 Å². The fourth-order valence-corrected chi connectivity index (χ4v) is 1.17. The van der Waals surface area contributed by atoms with Gasteiger partial charge in [-0.3, -0.25) is 0 Å². The van der Waals surface area contributed by atoms with Crippen LogP contribution < -0.4 is 5.46 Å². The monoisotopic (exact) mass is 204 g/mol. The Balaban J connectivity index is 2.37. The summed E-state index contributed by atoms with van der Waals surface area (Å²) in [5.74, 6) is 1.23. The molecule has 2 aromatic rings. The smallest absolute Gasteiger partial charge is 0.423 e. The van der Waals surface area contributed by atoms with Gasteiger partial charge in [0.2, 0.25) is 0 Å². The predicted molar refractivity (Wildman–Crippen MR) is 53.7 cm³/mol. The van der Waals surface area contributed by atoms with Crippen molar-refractivity contribution in [1.29, 1.82) is 0 Å². The molecule has 2 N–H and O–H groups in total. The number of hydrogen-bond donors (Lipinski definition) is 2. The summed E-state index contributed by atoms with van der Waals surface area (Å²) >= 11 is 0. The second-order valence-electron chi connectivity index (χ2n) is 3.05. The molecule has 0 aromatic carbocycles. The third-order valence-electron chi connectivity index (χ3n) is 1.90. The van der Waals surface area contributed by atoms with Crippen molar-refractivity contribution < 1.29 is 10.0 Å². The summed E-state index contributed by atoms with van der Waals surface area (Å²) in [6.45, 7) is 1.77. The van der Waals surface area contributed by atoms with Crippen molar-refractivity contribution >= 4 is 12.6 Å². The van der Waals surface area contributed by atoms with Crippen LogP contribution in [-0.4, -0.2) is 36.9 Å². The summed E-state index contributed by atoms with van der Waals surface area (Å²) in [5.41, 5.74) is 0.325. The van der Waals surface area contributed by atoms with Crippen LogP contribution in [0.3, 0.4) is 0 Å². The minimum Gasteiger partial charge on any atom is -0.423 e. The maximum Gasteiger partial charge on any atom is 0.491 e. The Morgan fingerprint density at radius 3 is 2.80 bits per heavy atom. The van der Waals surface area contributed by atoms with Crippen molar-refractivity contribution in [3.63, 3.8) is 0 Å². The molecule has 0 saturated heterocycles. The Morgan fingerprint density at radius 1 is 1.40 bits per heavy atom. The molecule has 6 nitrogen and oxygen atoms in total. The highest BCUT2D eigenvalue weighted by molar-refractivity contribution is 6.58. The average Bonchev–Trinajstić information content (AvgIpc) is 2.66. The van der Waals surface area contributed by atoms with E-state index in [1.807, 2.05) is 0 Å². The SMILES string of the molecule is Cc1nccc(-n2cc(B(O)O)cn2)n1. The number of aromatic nitrogens is 4. The summed E-state index contributed by atoms with van der Waals surface area (Å²) in [6, 6.07) is 1.69. The van der Waals surface area contributed by atoms with Gasteiger partial charge in [-0.15, -0.1) is 0 Å². The number of hydrogen-bond acceptors (Lipinski definition) is 5. The number of rotatable bonds is 2. The molecular weight excluding hydrogens is 195 g/mol. The van der Waals surface area contributed by atoms with Crippen LogP contribution in [0.4, 0.5) is 0 Å². The van der Waals surface area contributed by atoms with Crippen molar-refractivity contribution in [3.8, 4) is 5.82 Å². The van der Waals surface area contributed by atoms with Gasteiger partial charge in [0.1, 0.15) is 5.82 Å². The van der Waals surface area contributed by atoms with Crippen LogP contribution in [0.5, 0.6) is 0 Å². The lowest BCUT2D eigenvalue weighted by Gasteiger charge is -1.99. The van der Waals surface area contributed by atoms with Crippen molar-refractivity contribution in [2.75, 3.05) is 0 Å². The first-order valence-corrected chi connectivity index (χ1v) is 4.37. The minimum atomic E-state index is -1.51. The largest absolute Gasteiger partial charge is 0.491 e. The molecule has 0 bridgehead atoms. The normalized spacial score (nSPS) is 10.3. The fraction of sp³-hybridized carbons (Fsp3) is 0.125. The zero-order chi connectivity index (χ0) is 10.8. The molecular formula is C8H9BN4O2. The van der Waals surface area contributed by atoms with Crippen LogP contribution in [0.15, 0.2) is 24.7 Å². The fourth-order valence-electron chi connectivity index (χ4n) is 1.17. The van der Waals surface area contributed by atoms with Gasteiger partial charge in [-0.1, -0.05) is 0 Å². The Kier molecular flexibility index (Phi) is 2.48. The quantitative estimate of drug-likeness (QED) is 0.591. The van der Waals surface area contributed by atoms with E-state index in [4.69, 9.17) is 10.0 Å². The molecule has 0 aliphatic heterocycles. The van der Waals surface area contributed by atoms with Gasteiger partial charge >= 0.3 is 7.12 Å². The van der Waals surface area contributed by atoms with Crippen LogP contribution >= 0.6 is 0 Å². The highest BCUT2D eigenvalue weighted by atomic mass is 16.4. The van der Waals surface area contributed by atoms with Gasteiger partial charge in [-0.2, -0.15) is 5.10 Å². The second kappa shape index (κ2) is 3.80. The third kappa shape index (κ3) is 2.03. The Bertz CT molecular complexity index is 471. The first kappa shape index (κ1) is 9.82. The third-order valence-corrected chi connectivity index (χ3v) is 1.90. The van der Waals surface area contributed by atoms with Crippen LogP contribution in [-0.2, 0) is 0 Å². The van der Waals surface area contributed by atoms with E-state index in [1.165, 1.54) is 17.1 Å². The van der Waals surface area contributed by atoms with Crippen LogP contribution in [0.25, 0.3) is 5.82 Å². The summed E-state index contributed by atoms with van der Waals surface area (Å²) in [7, 11) is -1.51. The van der Waals surface area contributed by atoms with Crippen LogP contribution in [0.2, 0.25) is 0 Å². The molecule has 7 heteroatoms. The van der Waals surface area contributed by atoms with E-state index in [2.05, 4.69) is 15.1 Å². The number of aryl methyl sites for hydroxylation is 1. The molecule has 0 fully saturated rings. The second-order valence-corrected chi connectivity index (χ2v) is 3.05. The van der Waals surface area contributed by atoms with Crippen molar-refractivity contribution in [2.45, 2.75) is 6.92 Å². The van der Waals surface area contributed by atoms with Crippen molar-refractivity contribution in [2.24, 2.45) is 0 Å². The summed E-state index contributed by atoms with van der Waals surface area (Å²) in [4.78, 5) is 8.10. The highest BCUT2D eigenvalue weighted by Crippen LogP contribution is 2.00. The molecule has 0 saturated carbocycles. The van der Waals surface area contributed by atoms with E-state index in [9.17, 15) is 0 Å². The topological polar surface area (TPSA) is 84.1 Å². The van der Waals surface area contributed by atoms with Gasteiger partial charge in [0, 0.05) is 30.1 Å². The zero-order valence-corrected chi connectivity index (χ0v) is 8.07. The van der Waals surface area contributed by atoms with Crippen molar-refractivity contribution in [1.82, 2.24) is 19.7 Å². The molecule has 0 aliphatic carbocycles. The zero-order valence-electron chi connectivity index (χ0n) is 8.07. The lowest BCUT2D eigenvalue weighted by atomic mass is 9.83. The lowest BCUT2D eigenvalue weighted by molar-refractivity contribution is 0.426. The minimum absolute atomic E-state index is 0.325.